The highest BCUT2D eigenvalue weighted by Gasteiger charge is 2.36. The van der Waals surface area contributed by atoms with E-state index in [2.05, 4.69) is 25.8 Å². The standard InChI is InChI=1S/C17H15BrF2NO2P/c1-2-10-3-6-14(23-17(19)20)11(7-10)9-21-24-15-8-12(18)4-5-13(15)16(24)22/h3-8,17,21H,2,9H2,1H3. The summed E-state index contributed by atoms with van der Waals surface area (Å²) in [4.78, 5) is 12.2. The van der Waals surface area contributed by atoms with E-state index in [1.54, 1.807) is 18.2 Å². The minimum atomic E-state index is -2.87. The van der Waals surface area contributed by atoms with Crippen molar-refractivity contribution in [1.82, 2.24) is 5.09 Å². The first-order valence-electron chi connectivity index (χ1n) is 7.43. The van der Waals surface area contributed by atoms with Crippen LogP contribution < -0.4 is 15.1 Å². The van der Waals surface area contributed by atoms with E-state index in [0.29, 0.717) is 12.1 Å². The van der Waals surface area contributed by atoms with E-state index in [1.165, 1.54) is 0 Å². The number of carbonyl (C=O) groups excluding carboxylic acids is 1. The lowest BCUT2D eigenvalue weighted by Crippen LogP contribution is -2.34. The molecule has 3 rings (SSSR count). The van der Waals surface area contributed by atoms with Crippen LogP contribution in [0.15, 0.2) is 40.9 Å². The average Bonchev–Trinajstić information content (AvgIpc) is 2.55. The summed E-state index contributed by atoms with van der Waals surface area (Å²) in [5.41, 5.74) is 2.47. The van der Waals surface area contributed by atoms with Crippen molar-refractivity contribution >= 4 is 34.8 Å². The SMILES string of the molecule is CCc1ccc(OC(F)F)c(CNP2C(=O)c3ccc(Br)cc32)c1. The second kappa shape index (κ2) is 7.26. The van der Waals surface area contributed by atoms with Gasteiger partial charge in [-0.15, -0.1) is 0 Å². The fourth-order valence-electron chi connectivity index (χ4n) is 2.57. The molecule has 1 unspecified atom stereocenters. The molecular formula is C17H15BrF2NO2P. The highest BCUT2D eigenvalue weighted by atomic mass is 79.9. The Morgan fingerprint density at radius 3 is 2.75 bits per heavy atom. The van der Waals surface area contributed by atoms with Crippen molar-refractivity contribution in [2.45, 2.75) is 26.5 Å². The molecule has 24 heavy (non-hydrogen) atoms. The van der Waals surface area contributed by atoms with E-state index in [4.69, 9.17) is 0 Å². The summed E-state index contributed by atoms with van der Waals surface area (Å²) in [6, 6.07) is 10.7. The van der Waals surface area contributed by atoms with Gasteiger partial charge in [0, 0.05) is 27.4 Å². The molecule has 0 radical (unpaired) electrons. The van der Waals surface area contributed by atoms with Gasteiger partial charge in [0.05, 0.1) is 8.07 Å². The molecule has 2 aromatic rings. The minimum Gasteiger partial charge on any atom is -0.434 e. The monoisotopic (exact) mass is 413 g/mol. The number of hydrogen-bond acceptors (Lipinski definition) is 3. The van der Waals surface area contributed by atoms with Gasteiger partial charge in [-0.25, -0.2) is 0 Å². The lowest BCUT2D eigenvalue weighted by atomic mass is 10.1. The second-order valence-corrected chi connectivity index (χ2v) is 8.10. The summed E-state index contributed by atoms with van der Waals surface area (Å²) in [5, 5.41) is 4.18. The fourth-order valence-corrected chi connectivity index (χ4v) is 4.92. The van der Waals surface area contributed by atoms with Gasteiger partial charge in [-0.1, -0.05) is 35.0 Å². The summed E-state index contributed by atoms with van der Waals surface area (Å²) in [7, 11) is -1.12. The molecule has 0 bridgehead atoms. The lowest BCUT2D eigenvalue weighted by molar-refractivity contribution is -0.0504. The van der Waals surface area contributed by atoms with Crippen LogP contribution in [0.5, 0.6) is 5.75 Å². The predicted octanol–water partition coefficient (Wildman–Crippen LogP) is 4.58. The molecule has 7 heteroatoms. The summed E-state index contributed by atoms with van der Waals surface area (Å²) in [6.07, 6.45) is 0.797. The Balaban J connectivity index is 1.78. The van der Waals surface area contributed by atoms with Crippen molar-refractivity contribution in [1.29, 1.82) is 0 Å². The van der Waals surface area contributed by atoms with E-state index in [9.17, 15) is 13.6 Å². The third kappa shape index (κ3) is 3.51. The lowest BCUT2D eigenvalue weighted by Gasteiger charge is -2.29. The first-order chi connectivity index (χ1) is 11.5. The van der Waals surface area contributed by atoms with Crippen LogP contribution in [0, 0.1) is 0 Å². The molecule has 0 spiro atoms. The van der Waals surface area contributed by atoms with Gasteiger partial charge < -0.3 is 4.74 Å². The van der Waals surface area contributed by atoms with Gasteiger partial charge in [-0.05, 0) is 36.2 Å². The number of ether oxygens (including phenoxy) is 1. The molecule has 0 saturated heterocycles. The maximum atomic E-state index is 12.6. The number of carbonyl (C=O) groups is 1. The number of alkyl halides is 2. The number of halogens is 3. The Kier molecular flexibility index (Phi) is 5.28. The third-order valence-electron chi connectivity index (χ3n) is 3.81. The molecule has 2 aromatic carbocycles. The number of hydrogen-bond donors (Lipinski definition) is 1. The average molecular weight is 414 g/mol. The van der Waals surface area contributed by atoms with E-state index < -0.39 is 14.7 Å². The third-order valence-corrected chi connectivity index (χ3v) is 6.28. The van der Waals surface area contributed by atoms with Crippen LogP contribution in [-0.2, 0) is 13.0 Å². The highest BCUT2D eigenvalue weighted by Crippen LogP contribution is 2.45. The smallest absolute Gasteiger partial charge is 0.387 e. The second-order valence-electron chi connectivity index (χ2n) is 5.31. The van der Waals surface area contributed by atoms with Crippen molar-refractivity contribution in [3.05, 3.63) is 57.6 Å². The Morgan fingerprint density at radius 1 is 1.25 bits per heavy atom. The van der Waals surface area contributed by atoms with Gasteiger partial charge in [0.25, 0.3) is 0 Å². The van der Waals surface area contributed by atoms with Gasteiger partial charge in [-0.2, -0.15) is 8.78 Å². The van der Waals surface area contributed by atoms with E-state index in [1.807, 2.05) is 25.1 Å². The van der Waals surface area contributed by atoms with Crippen LogP contribution >= 0.6 is 24.0 Å². The van der Waals surface area contributed by atoms with Crippen LogP contribution in [0.25, 0.3) is 0 Å². The number of aryl methyl sites for hydroxylation is 1. The maximum absolute atomic E-state index is 12.6. The first kappa shape index (κ1) is 17.5. The Bertz CT molecular complexity index is 785. The van der Waals surface area contributed by atoms with Gasteiger partial charge in [0.1, 0.15) is 5.75 Å². The van der Waals surface area contributed by atoms with E-state index in [-0.39, 0.29) is 11.3 Å². The maximum Gasteiger partial charge on any atom is 0.387 e. The first-order valence-corrected chi connectivity index (χ1v) is 9.57. The Labute approximate surface area is 148 Å². The van der Waals surface area contributed by atoms with Gasteiger partial charge in [0.15, 0.2) is 0 Å². The molecule has 0 aromatic heterocycles. The molecule has 1 heterocycles. The summed E-state index contributed by atoms with van der Waals surface area (Å²) >= 11 is 3.40. The Hall–Kier alpha value is -1.36. The van der Waals surface area contributed by atoms with Crippen LogP contribution in [0.4, 0.5) is 8.78 Å². The van der Waals surface area contributed by atoms with Crippen LogP contribution in [-0.4, -0.2) is 12.1 Å². The number of rotatable bonds is 6. The van der Waals surface area contributed by atoms with E-state index in [0.717, 1.165) is 27.3 Å². The topological polar surface area (TPSA) is 38.3 Å². The van der Waals surface area contributed by atoms with Crippen molar-refractivity contribution in [3.63, 3.8) is 0 Å². The number of benzene rings is 2. The summed E-state index contributed by atoms with van der Waals surface area (Å²) in [6.45, 7) is -0.573. The van der Waals surface area contributed by atoms with Gasteiger partial charge in [0.2, 0.25) is 5.52 Å². The van der Waals surface area contributed by atoms with Crippen molar-refractivity contribution in [2.24, 2.45) is 0 Å². The molecule has 3 nitrogen and oxygen atoms in total. The van der Waals surface area contributed by atoms with Crippen molar-refractivity contribution in [2.75, 3.05) is 0 Å². The van der Waals surface area contributed by atoms with Crippen molar-refractivity contribution in [3.8, 4) is 5.75 Å². The normalized spacial score (nSPS) is 16.0. The van der Waals surface area contributed by atoms with Gasteiger partial charge in [-0.3, -0.25) is 9.88 Å². The molecular weight excluding hydrogens is 399 g/mol. The van der Waals surface area contributed by atoms with E-state index >= 15 is 0 Å². The number of nitrogens with one attached hydrogen (secondary N) is 1. The quantitative estimate of drug-likeness (QED) is 0.704. The Morgan fingerprint density at radius 2 is 2.04 bits per heavy atom. The zero-order valence-electron chi connectivity index (χ0n) is 12.9. The predicted molar refractivity (Wildman–Crippen MR) is 94.3 cm³/mol. The molecule has 0 fully saturated rings. The molecule has 1 atom stereocenters. The van der Waals surface area contributed by atoms with Crippen LogP contribution in [0.3, 0.4) is 0 Å². The minimum absolute atomic E-state index is 0.0791. The highest BCUT2D eigenvalue weighted by molar-refractivity contribution is 9.10. The molecule has 1 aliphatic rings. The largest absolute Gasteiger partial charge is 0.434 e. The molecule has 0 saturated carbocycles. The fraction of sp³-hybridized carbons (Fsp3) is 0.235. The molecule has 0 amide bonds. The van der Waals surface area contributed by atoms with Crippen LogP contribution in [0.1, 0.15) is 28.4 Å². The van der Waals surface area contributed by atoms with Gasteiger partial charge >= 0.3 is 6.61 Å². The molecule has 1 aliphatic heterocycles. The zero-order chi connectivity index (χ0) is 17.3. The molecule has 126 valence electrons. The molecule has 0 aliphatic carbocycles. The zero-order valence-corrected chi connectivity index (χ0v) is 15.3. The molecule has 1 N–H and O–H groups in total. The van der Waals surface area contributed by atoms with Crippen LogP contribution in [0.2, 0.25) is 0 Å². The van der Waals surface area contributed by atoms with Crippen molar-refractivity contribution < 1.29 is 18.3 Å². The summed E-state index contributed by atoms with van der Waals surface area (Å²) < 4.78 is 30.6. The summed E-state index contributed by atoms with van der Waals surface area (Å²) in [5.74, 6) is 0.145. The number of fused-ring (bicyclic) bond motifs is 1.